The summed E-state index contributed by atoms with van der Waals surface area (Å²) >= 11 is 6.20. The lowest BCUT2D eigenvalue weighted by Gasteiger charge is -2.40. The van der Waals surface area contributed by atoms with Crippen LogP contribution in [0.3, 0.4) is 0 Å². The molecular weight excluding hydrogens is 775 g/mol. The highest BCUT2D eigenvalue weighted by Crippen LogP contribution is 2.37. The first kappa shape index (κ1) is 39.2. The predicted octanol–water partition coefficient (Wildman–Crippen LogP) is 5.91. The molecule has 308 valence electrons. The number of likely N-dealkylation sites (tertiary alicyclic amines) is 1. The molecule has 1 unspecified atom stereocenters. The van der Waals surface area contributed by atoms with Crippen molar-refractivity contribution < 1.29 is 28.3 Å². The summed E-state index contributed by atoms with van der Waals surface area (Å²) in [6, 6.07) is 11.6. The van der Waals surface area contributed by atoms with E-state index < -0.39 is 6.04 Å². The van der Waals surface area contributed by atoms with E-state index in [1.54, 1.807) is 24.3 Å². The van der Waals surface area contributed by atoms with Gasteiger partial charge in [0.15, 0.2) is 0 Å². The lowest BCUT2D eigenvalue weighted by Crippen LogP contribution is -2.53. The van der Waals surface area contributed by atoms with Crippen molar-refractivity contribution >= 4 is 52.4 Å². The molecule has 5 aliphatic heterocycles. The van der Waals surface area contributed by atoms with Crippen molar-refractivity contribution in [1.29, 1.82) is 0 Å². The van der Waals surface area contributed by atoms with Crippen molar-refractivity contribution in [2.24, 2.45) is 5.92 Å². The number of benzene rings is 2. The molecule has 13 nitrogen and oxygen atoms in total. The number of nitrogens with zero attached hydrogens (tertiary/aromatic N) is 8. The Kier molecular flexibility index (Phi) is 10.7. The lowest BCUT2D eigenvalue weighted by molar-refractivity contribution is -0.150. The summed E-state index contributed by atoms with van der Waals surface area (Å²) in [6.07, 6.45) is 5.98. The summed E-state index contributed by atoms with van der Waals surface area (Å²) in [6.45, 7) is 13.6. The number of fused-ring (bicyclic) bond motifs is 2. The average Bonchev–Trinajstić information content (AvgIpc) is 3.75. The number of ether oxygens (including phenoxy) is 1. The van der Waals surface area contributed by atoms with E-state index >= 15 is 4.39 Å². The number of carbonyl (C=O) groups is 4. The Morgan fingerprint density at radius 3 is 2.31 bits per heavy atom. The molecule has 0 N–H and O–H groups in total. The van der Waals surface area contributed by atoms with Gasteiger partial charge >= 0.3 is 0 Å². The zero-order valence-corrected chi connectivity index (χ0v) is 34.0. The first-order valence-corrected chi connectivity index (χ1v) is 21.2. The minimum atomic E-state index is -0.714. The van der Waals surface area contributed by atoms with Crippen LogP contribution in [0.15, 0.2) is 42.5 Å². The molecule has 15 heteroatoms. The molecule has 6 aliphatic rings. The third-order valence-corrected chi connectivity index (χ3v) is 13.7. The Labute approximate surface area is 348 Å². The van der Waals surface area contributed by atoms with Gasteiger partial charge in [-0.3, -0.25) is 29.0 Å². The Bertz CT molecular complexity index is 2230. The molecule has 2 aromatic carbocycles. The number of halogens is 2. The maximum absolute atomic E-state index is 15.5. The molecule has 0 bridgehead atoms. The Hall–Kier alpha value is -5.26. The average molecular weight is 823 g/mol. The van der Waals surface area contributed by atoms with E-state index in [0.717, 1.165) is 87.7 Å². The Balaban J connectivity index is 0.733. The van der Waals surface area contributed by atoms with Gasteiger partial charge < -0.3 is 24.3 Å². The van der Waals surface area contributed by atoms with Gasteiger partial charge in [0.05, 0.1) is 41.2 Å². The van der Waals surface area contributed by atoms with Crippen molar-refractivity contribution in [1.82, 2.24) is 24.6 Å². The number of amides is 4. The highest BCUT2D eigenvalue weighted by molar-refractivity contribution is 6.33. The topological polar surface area (TPSA) is 114 Å². The normalized spacial score (nSPS) is 24.2. The first-order chi connectivity index (χ1) is 28.5. The number of aromatic nitrogens is 1. The smallest absolute Gasteiger partial charge is 0.256 e. The van der Waals surface area contributed by atoms with Gasteiger partial charge in [-0.2, -0.15) is 0 Å². The van der Waals surface area contributed by atoms with Gasteiger partial charge in [-0.25, -0.2) is 14.2 Å². The number of anilines is 2. The van der Waals surface area contributed by atoms with E-state index in [4.69, 9.17) is 27.9 Å². The molecule has 1 atom stereocenters. The highest BCUT2D eigenvalue weighted by atomic mass is 35.5. The number of likely N-dealkylation sites (N-methyl/N-ethyl adjacent to an activating group) is 1. The van der Waals surface area contributed by atoms with Crippen molar-refractivity contribution in [3.63, 3.8) is 0 Å². The van der Waals surface area contributed by atoms with Crippen molar-refractivity contribution in [3.8, 4) is 5.75 Å². The summed E-state index contributed by atoms with van der Waals surface area (Å²) in [4.78, 5) is 71.6. The molecule has 0 radical (unpaired) electrons. The first-order valence-electron chi connectivity index (χ1n) is 20.8. The Morgan fingerprint density at radius 1 is 0.831 bits per heavy atom. The number of piperazine rings is 1. The van der Waals surface area contributed by atoms with Gasteiger partial charge in [-0.05, 0) is 92.8 Å². The number of imide groups is 1. The predicted molar refractivity (Wildman–Crippen MR) is 219 cm³/mol. The Morgan fingerprint density at radius 2 is 1.58 bits per heavy atom. The van der Waals surface area contributed by atoms with Crippen LogP contribution in [-0.4, -0.2) is 119 Å². The molecule has 0 spiro atoms. The molecule has 3 saturated heterocycles. The van der Waals surface area contributed by atoms with Crippen LogP contribution < -0.4 is 14.5 Å². The van der Waals surface area contributed by atoms with Crippen molar-refractivity contribution in [2.45, 2.75) is 82.6 Å². The molecule has 3 aromatic rings. The minimum absolute atomic E-state index is 0.0410. The molecule has 4 fully saturated rings. The molecule has 59 heavy (non-hydrogen) atoms. The van der Waals surface area contributed by atoms with Gasteiger partial charge in [0.2, 0.25) is 11.6 Å². The van der Waals surface area contributed by atoms with Crippen LogP contribution in [0, 0.1) is 18.3 Å². The van der Waals surface area contributed by atoms with Gasteiger partial charge in [0.1, 0.15) is 23.4 Å². The maximum atomic E-state index is 15.5. The second-order valence-corrected chi connectivity index (χ2v) is 17.2. The van der Waals surface area contributed by atoms with Crippen LogP contribution >= 0.6 is 11.6 Å². The van der Waals surface area contributed by atoms with Gasteiger partial charge in [-0.1, -0.05) is 17.7 Å². The van der Waals surface area contributed by atoms with E-state index in [9.17, 15) is 19.2 Å². The zero-order valence-electron chi connectivity index (χ0n) is 33.2. The number of hydrogen-bond donors (Lipinski definition) is 0. The van der Waals surface area contributed by atoms with E-state index in [2.05, 4.69) is 14.6 Å². The summed E-state index contributed by atoms with van der Waals surface area (Å²) in [5.74, 6) is 0.906. The van der Waals surface area contributed by atoms with Crippen LogP contribution in [0.5, 0.6) is 5.75 Å². The third-order valence-electron chi connectivity index (χ3n) is 13.4. The number of pyridine rings is 1. The van der Waals surface area contributed by atoms with Crippen LogP contribution in [0.1, 0.15) is 83.3 Å². The maximum Gasteiger partial charge on any atom is 0.256 e. The third kappa shape index (κ3) is 7.59. The quantitative estimate of drug-likeness (QED) is 0.202. The van der Waals surface area contributed by atoms with Crippen LogP contribution in [0.4, 0.5) is 21.6 Å². The van der Waals surface area contributed by atoms with Gasteiger partial charge in [0.25, 0.3) is 17.7 Å². The summed E-state index contributed by atoms with van der Waals surface area (Å²) in [7, 11) is 1.44. The van der Waals surface area contributed by atoms with Gasteiger partial charge in [-0.15, -0.1) is 0 Å². The minimum Gasteiger partial charge on any atom is -0.490 e. The second-order valence-electron chi connectivity index (χ2n) is 16.8. The molecule has 1 aliphatic carbocycles. The SMILES string of the molecule is [C-]#[N+]c1ccc(OC2CCC(N3Cc4nc(N5CCC(CN6CCN(c7cc8c(cc7F)CN(C7CCC(=O)N(C)C7=O)C8=O)CC6)CC5)ccc4C3=O)CC2)cc1Cl. The number of rotatable bonds is 8. The summed E-state index contributed by atoms with van der Waals surface area (Å²) < 4.78 is 21.7. The van der Waals surface area contributed by atoms with Crippen LogP contribution in [-0.2, 0) is 22.7 Å². The molecule has 6 heterocycles. The summed E-state index contributed by atoms with van der Waals surface area (Å²) in [5.41, 5.74) is 3.40. The van der Waals surface area contributed by atoms with Gasteiger partial charge in [0, 0.05) is 77.4 Å². The van der Waals surface area contributed by atoms with E-state index in [1.807, 2.05) is 21.9 Å². The fraction of sp³-hybridized carbons (Fsp3) is 0.500. The van der Waals surface area contributed by atoms with Crippen molar-refractivity contribution in [2.75, 3.05) is 62.7 Å². The van der Waals surface area contributed by atoms with E-state index in [-0.39, 0.29) is 61.0 Å². The lowest BCUT2D eigenvalue weighted by atomic mass is 9.92. The molecule has 9 rings (SSSR count). The number of hydrogen-bond acceptors (Lipinski definition) is 9. The standard InChI is InChI=1S/C44H48ClFN8O5/c1-47-36-9-7-31(22-34(36)45)59-30-5-3-29(4-6-30)53-26-37-32(42(53)56)8-11-40(48-37)52-15-13-27(14-16-52)24-50-17-19-51(20-18-50)39-23-33-28(21-35(39)46)25-54(43(33)57)38-10-12-41(55)49(2)44(38)58/h7-9,11,21-23,27,29-30,38H,3-6,10,12-20,24-26H2,2H3. The van der Waals surface area contributed by atoms with E-state index in [0.29, 0.717) is 64.4 Å². The number of carbonyl (C=O) groups excluding carboxylic acids is 4. The fourth-order valence-corrected chi connectivity index (χ4v) is 10.1. The second kappa shape index (κ2) is 16.1. The largest absolute Gasteiger partial charge is 0.490 e. The molecular formula is C44H48ClFN8O5. The number of piperidine rings is 2. The van der Waals surface area contributed by atoms with Crippen molar-refractivity contribution in [3.05, 3.63) is 87.1 Å². The molecule has 4 amide bonds. The monoisotopic (exact) mass is 822 g/mol. The highest BCUT2D eigenvalue weighted by Gasteiger charge is 2.42. The van der Waals surface area contributed by atoms with Crippen LogP contribution in [0.25, 0.3) is 4.85 Å². The molecule has 1 aromatic heterocycles. The fourth-order valence-electron chi connectivity index (χ4n) is 9.89. The molecule has 1 saturated carbocycles. The van der Waals surface area contributed by atoms with E-state index in [1.165, 1.54) is 18.0 Å². The van der Waals surface area contributed by atoms with Crippen LogP contribution in [0.2, 0.25) is 5.02 Å². The zero-order chi connectivity index (χ0) is 40.9. The summed E-state index contributed by atoms with van der Waals surface area (Å²) in [5, 5.41) is 0.391.